The average molecular weight is 213 g/mol. The smallest absolute Gasteiger partial charge is 0.550 e. The zero-order valence-corrected chi connectivity index (χ0v) is 9.99. The van der Waals surface area contributed by atoms with Crippen molar-refractivity contribution < 1.29 is 57.5 Å². The summed E-state index contributed by atoms with van der Waals surface area (Å²) in [6.45, 7) is 0. The molecule has 0 aromatic rings. The average Bonchev–Trinajstić information content (AvgIpc) is 2.16. The molecular formula is C9H13Li2NO4. The summed E-state index contributed by atoms with van der Waals surface area (Å²) in [5, 5.41) is 24.2. The maximum absolute atomic E-state index is 10.6. The van der Waals surface area contributed by atoms with Gasteiger partial charge in [-0.25, -0.2) is 0 Å². The molecule has 16 heavy (non-hydrogen) atoms. The fourth-order valence-corrected chi connectivity index (χ4v) is 1.94. The molecule has 2 unspecified atom stereocenters. The van der Waals surface area contributed by atoms with Gasteiger partial charge in [0.2, 0.25) is 0 Å². The van der Waals surface area contributed by atoms with Crippen molar-refractivity contribution >= 4 is 11.9 Å². The Hall–Kier alpha value is 0.0948. The van der Waals surface area contributed by atoms with Crippen LogP contribution in [0.1, 0.15) is 19.3 Å². The second-order valence-corrected chi connectivity index (χ2v) is 3.72. The number of carboxylic acids is 2. The molecular weight excluding hydrogens is 200 g/mol. The summed E-state index contributed by atoms with van der Waals surface area (Å²) in [6, 6.07) is -0.0745. The number of hydrogen-bond donors (Lipinski definition) is 1. The zero-order chi connectivity index (χ0) is 10.7. The third kappa shape index (κ3) is 4.95. The predicted molar refractivity (Wildman–Crippen MR) is 43.7 cm³/mol. The van der Waals surface area contributed by atoms with Gasteiger partial charge in [0.25, 0.3) is 0 Å². The van der Waals surface area contributed by atoms with E-state index in [0.29, 0.717) is 12.8 Å². The number of rotatable bonds is 3. The molecule has 1 rings (SSSR count). The van der Waals surface area contributed by atoms with E-state index in [4.69, 9.17) is 0 Å². The minimum Gasteiger partial charge on any atom is -0.550 e. The molecule has 0 spiro atoms. The van der Waals surface area contributed by atoms with Crippen molar-refractivity contribution in [3.05, 3.63) is 0 Å². The molecule has 1 saturated carbocycles. The summed E-state index contributed by atoms with van der Waals surface area (Å²) >= 11 is 0. The Morgan fingerprint density at radius 3 is 1.62 bits per heavy atom. The first kappa shape index (κ1) is 18.5. The fourth-order valence-electron chi connectivity index (χ4n) is 1.94. The summed E-state index contributed by atoms with van der Waals surface area (Å²) in [5.41, 5.74) is 0. The summed E-state index contributed by atoms with van der Waals surface area (Å²) in [5.74, 6) is -3.69. The van der Waals surface area contributed by atoms with Gasteiger partial charge in [0, 0.05) is 29.8 Å². The molecule has 0 saturated heterocycles. The Balaban J connectivity index is 0. The van der Waals surface area contributed by atoms with Crippen molar-refractivity contribution in [3.63, 3.8) is 0 Å². The van der Waals surface area contributed by atoms with Crippen molar-refractivity contribution in [3.8, 4) is 0 Å². The van der Waals surface area contributed by atoms with Crippen LogP contribution in [0.2, 0.25) is 0 Å². The van der Waals surface area contributed by atoms with E-state index in [-0.39, 0.29) is 50.2 Å². The number of hydrogen-bond acceptors (Lipinski definition) is 5. The molecule has 0 bridgehead atoms. The van der Waals surface area contributed by atoms with Crippen LogP contribution in [0.4, 0.5) is 0 Å². The molecule has 0 aliphatic heterocycles. The summed E-state index contributed by atoms with van der Waals surface area (Å²) in [7, 11) is 1.69. The van der Waals surface area contributed by atoms with Crippen LogP contribution in [-0.4, -0.2) is 25.0 Å². The van der Waals surface area contributed by atoms with Crippen LogP contribution >= 0.6 is 0 Å². The van der Waals surface area contributed by atoms with Gasteiger partial charge in [-0.3, -0.25) is 0 Å². The quantitative estimate of drug-likeness (QED) is 0.470. The Kier molecular flexibility index (Phi) is 9.49. The van der Waals surface area contributed by atoms with Gasteiger partial charge < -0.3 is 25.1 Å². The third-order valence-corrected chi connectivity index (χ3v) is 2.78. The molecule has 80 valence electrons. The van der Waals surface area contributed by atoms with Crippen LogP contribution in [0.15, 0.2) is 0 Å². The minimum absolute atomic E-state index is 0. The topological polar surface area (TPSA) is 92.3 Å². The fraction of sp³-hybridized carbons (Fsp3) is 0.778. The molecule has 1 N–H and O–H groups in total. The monoisotopic (exact) mass is 213 g/mol. The van der Waals surface area contributed by atoms with Crippen LogP contribution in [0, 0.1) is 11.8 Å². The normalized spacial score (nSPS) is 28.4. The SMILES string of the molecule is CNC1CC(C(=O)[O-])CC(C(=O)[O-])C1.[Li+].[Li+]. The van der Waals surface area contributed by atoms with Crippen LogP contribution in [0.5, 0.6) is 0 Å². The van der Waals surface area contributed by atoms with Gasteiger partial charge >= 0.3 is 37.7 Å². The van der Waals surface area contributed by atoms with Crippen LogP contribution < -0.4 is 53.3 Å². The van der Waals surface area contributed by atoms with Gasteiger partial charge in [0.1, 0.15) is 0 Å². The minimum atomic E-state index is -1.17. The van der Waals surface area contributed by atoms with Crippen molar-refractivity contribution in [2.24, 2.45) is 11.8 Å². The van der Waals surface area contributed by atoms with Crippen molar-refractivity contribution in [2.75, 3.05) is 7.05 Å². The van der Waals surface area contributed by atoms with Crippen molar-refractivity contribution in [1.82, 2.24) is 5.32 Å². The third-order valence-electron chi connectivity index (χ3n) is 2.78. The van der Waals surface area contributed by atoms with E-state index in [2.05, 4.69) is 5.32 Å². The number of carboxylic acid groups (broad SMARTS) is 2. The maximum Gasteiger partial charge on any atom is 1.00 e. The van der Waals surface area contributed by atoms with Gasteiger partial charge in [-0.05, 0) is 26.3 Å². The molecule has 0 heterocycles. The van der Waals surface area contributed by atoms with Gasteiger partial charge in [-0.15, -0.1) is 0 Å². The summed E-state index contributed by atoms with van der Waals surface area (Å²) in [4.78, 5) is 21.3. The van der Waals surface area contributed by atoms with Gasteiger partial charge in [0.15, 0.2) is 0 Å². The first-order chi connectivity index (χ1) is 6.54. The van der Waals surface area contributed by atoms with Gasteiger partial charge in [-0.2, -0.15) is 0 Å². The number of carbonyl (C=O) groups excluding carboxylic acids is 2. The van der Waals surface area contributed by atoms with Gasteiger partial charge in [0.05, 0.1) is 0 Å². The van der Waals surface area contributed by atoms with E-state index in [1.54, 1.807) is 7.05 Å². The Morgan fingerprint density at radius 2 is 1.38 bits per heavy atom. The molecule has 7 heteroatoms. The molecule has 0 aromatic carbocycles. The molecule has 0 aromatic heterocycles. The Morgan fingerprint density at radius 1 is 1.00 bits per heavy atom. The molecule has 1 fully saturated rings. The van der Waals surface area contributed by atoms with Crippen LogP contribution in [-0.2, 0) is 9.59 Å². The van der Waals surface area contributed by atoms with Crippen LogP contribution in [0.3, 0.4) is 0 Å². The first-order valence-corrected chi connectivity index (χ1v) is 4.63. The zero-order valence-electron chi connectivity index (χ0n) is 9.99. The molecule has 1 aliphatic carbocycles. The summed E-state index contributed by atoms with van der Waals surface area (Å²) < 4.78 is 0. The number of aliphatic carboxylic acids is 2. The molecule has 5 nitrogen and oxygen atoms in total. The van der Waals surface area contributed by atoms with E-state index < -0.39 is 23.8 Å². The van der Waals surface area contributed by atoms with E-state index in [9.17, 15) is 19.8 Å². The molecule has 1 aliphatic rings. The first-order valence-electron chi connectivity index (χ1n) is 4.63. The summed E-state index contributed by atoms with van der Waals surface area (Å²) in [6.07, 6.45) is 0.994. The van der Waals surface area contributed by atoms with E-state index >= 15 is 0 Å². The second kappa shape index (κ2) is 8.22. The molecule has 2 atom stereocenters. The van der Waals surface area contributed by atoms with Crippen LogP contribution in [0.25, 0.3) is 0 Å². The number of nitrogens with one attached hydrogen (secondary N) is 1. The van der Waals surface area contributed by atoms with Gasteiger partial charge in [-0.1, -0.05) is 0 Å². The predicted octanol–water partition coefficient (Wildman–Crippen LogP) is -8.50. The van der Waals surface area contributed by atoms with E-state index in [0.717, 1.165) is 0 Å². The molecule has 0 amide bonds. The van der Waals surface area contributed by atoms with E-state index in [1.165, 1.54) is 0 Å². The second-order valence-electron chi connectivity index (χ2n) is 3.72. The standard InChI is InChI=1S/C9H15NO4.2Li/c1-10-7-3-5(8(11)12)2-6(4-7)9(13)14;;/h5-7,10H,2-4H2,1H3,(H,11,12)(H,13,14);;/q;2*+1/p-2. The van der Waals surface area contributed by atoms with Crippen molar-refractivity contribution in [1.29, 1.82) is 0 Å². The van der Waals surface area contributed by atoms with E-state index in [1.807, 2.05) is 0 Å². The van der Waals surface area contributed by atoms with Crippen molar-refractivity contribution in [2.45, 2.75) is 25.3 Å². The largest absolute Gasteiger partial charge is 1.00 e. The maximum atomic E-state index is 10.6. The Bertz CT molecular complexity index is 228. The Labute approximate surface area is 119 Å². The molecule has 0 radical (unpaired) electrons. The number of carbonyl (C=O) groups is 2.